The molecule has 37 heavy (non-hydrogen) atoms. The number of aromatic carboxylic acids is 1. The van der Waals surface area contributed by atoms with Crippen LogP contribution in [0.3, 0.4) is 0 Å². The molecule has 0 radical (unpaired) electrons. The number of carboxylic acid groups (broad SMARTS) is 1. The van der Waals surface area contributed by atoms with Gasteiger partial charge in [0.05, 0.1) is 5.56 Å². The minimum atomic E-state index is -0.961. The zero-order valence-electron chi connectivity index (χ0n) is 21.2. The van der Waals surface area contributed by atoms with Gasteiger partial charge in [0, 0.05) is 31.5 Å². The predicted molar refractivity (Wildman–Crippen MR) is 142 cm³/mol. The maximum Gasteiger partial charge on any atom is 0.335 e. The molecule has 1 aliphatic heterocycles. The van der Waals surface area contributed by atoms with E-state index < -0.39 is 5.97 Å². The molecule has 3 aromatic carbocycles. The third-order valence-corrected chi connectivity index (χ3v) is 7.54. The lowest BCUT2D eigenvalue weighted by atomic mass is 9.86. The summed E-state index contributed by atoms with van der Waals surface area (Å²) in [6, 6.07) is 21.1. The molecule has 1 aliphatic carbocycles. The Morgan fingerprint density at radius 1 is 1.00 bits per heavy atom. The molecule has 1 heterocycles. The summed E-state index contributed by atoms with van der Waals surface area (Å²) in [6.45, 7) is 5.32. The standard InChI is InChI=1S/C31H32N2O4/c1-19(2)30(35)33-14-13-25-24(21-9-6-10-22(15-21)31(36)37)12-11-23(28(25)18-33)17-32-29(34)27-16-26(27)20-7-4-3-5-8-20/h3-12,15,19,26-27H,13-14,16-18H2,1-2H3,(H,32,34)(H,36,37)/t26-,27-/m1/s1. The summed E-state index contributed by atoms with van der Waals surface area (Å²) >= 11 is 0. The summed E-state index contributed by atoms with van der Waals surface area (Å²) in [5, 5.41) is 12.6. The van der Waals surface area contributed by atoms with Crippen LogP contribution >= 0.6 is 0 Å². The van der Waals surface area contributed by atoms with Gasteiger partial charge in [-0.25, -0.2) is 4.79 Å². The van der Waals surface area contributed by atoms with Crippen LogP contribution in [-0.4, -0.2) is 34.3 Å². The average Bonchev–Trinajstić information content (AvgIpc) is 3.72. The van der Waals surface area contributed by atoms with Crippen LogP contribution in [0.15, 0.2) is 66.7 Å². The smallest absolute Gasteiger partial charge is 0.335 e. The highest BCUT2D eigenvalue weighted by molar-refractivity contribution is 5.90. The minimum Gasteiger partial charge on any atom is -0.478 e. The number of hydrogen-bond acceptors (Lipinski definition) is 3. The highest BCUT2D eigenvalue weighted by Gasteiger charge is 2.43. The lowest BCUT2D eigenvalue weighted by Crippen LogP contribution is -2.39. The van der Waals surface area contributed by atoms with E-state index in [4.69, 9.17) is 0 Å². The van der Waals surface area contributed by atoms with Gasteiger partial charge in [0.1, 0.15) is 0 Å². The predicted octanol–water partition coefficient (Wildman–Crippen LogP) is 5.01. The number of nitrogens with zero attached hydrogens (tertiary/aromatic N) is 1. The number of carboxylic acids is 1. The molecule has 0 bridgehead atoms. The fourth-order valence-corrected chi connectivity index (χ4v) is 5.42. The fourth-order valence-electron chi connectivity index (χ4n) is 5.42. The van der Waals surface area contributed by atoms with Gasteiger partial charge in [0.15, 0.2) is 0 Å². The van der Waals surface area contributed by atoms with Crippen LogP contribution in [0, 0.1) is 11.8 Å². The molecule has 0 saturated heterocycles. The zero-order valence-corrected chi connectivity index (χ0v) is 21.2. The molecule has 3 aromatic rings. The molecule has 6 heteroatoms. The van der Waals surface area contributed by atoms with Crippen molar-refractivity contribution in [1.29, 1.82) is 0 Å². The Morgan fingerprint density at radius 3 is 2.51 bits per heavy atom. The summed E-state index contributed by atoms with van der Waals surface area (Å²) in [4.78, 5) is 39.2. The first-order valence-corrected chi connectivity index (χ1v) is 12.9. The summed E-state index contributed by atoms with van der Waals surface area (Å²) < 4.78 is 0. The first kappa shape index (κ1) is 24.8. The Labute approximate surface area is 217 Å². The highest BCUT2D eigenvalue weighted by Crippen LogP contribution is 2.47. The number of benzene rings is 3. The molecule has 2 N–H and O–H groups in total. The lowest BCUT2D eigenvalue weighted by Gasteiger charge is -2.33. The van der Waals surface area contributed by atoms with Gasteiger partial charge >= 0.3 is 5.97 Å². The Bertz CT molecular complexity index is 1350. The second-order valence-electron chi connectivity index (χ2n) is 10.4. The number of carbonyl (C=O) groups excluding carboxylic acids is 2. The third-order valence-electron chi connectivity index (χ3n) is 7.54. The quantitative estimate of drug-likeness (QED) is 0.481. The van der Waals surface area contributed by atoms with E-state index in [2.05, 4.69) is 17.4 Å². The Balaban J connectivity index is 1.40. The van der Waals surface area contributed by atoms with Crippen LogP contribution in [0.4, 0.5) is 0 Å². The van der Waals surface area contributed by atoms with E-state index in [1.54, 1.807) is 18.2 Å². The summed E-state index contributed by atoms with van der Waals surface area (Å²) in [6.07, 6.45) is 1.55. The highest BCUT2D eigenvalue weighted by atomic mass is 16.4. The summed E-state index contributed by atoms with van der Waals surface area (Å²) in [7, 11) is 0. The maximum atomic E-state index is 13.0. The van der Waals surface area contributed by atoms with Crippen molar-refractivity contribution in [2.45, 2.75) is 45.7 Å². The first-order valence-electron chi connectivity index (χ1n) is 12.9. The van der Waals surface area contributed by atoms with Gasteiger partial charge < -0.3 is 15.3 Å². The molecule has 6 nitrogen and oxygen atoms in total. The number of hydrogen-bond donors (Lipinski definition) is 2. The Morgan fingerprint density at radius 2 is 1.78 bits per heavy atom. The Kier molecular flexibility index (Phi) is 6.83. The second-order valence-corrected chi connectivity index (χ2v) is 10.4. The van der Waals surface area contributed by atoms with E-state index in [-0.39, 0.29) is 35.1 Å². The van der Waals surface area contributed by atoms with Crippen molar-refractivity contribution in [2.75, 3.05) is 6.54 Å². The van der Waals surface area contributed by atoms with E-state index in [1.165, 1.54) is 5.56 Å². The maximum absolute atomic E-state index is 13.0. The normalized spacial score (nSPS) is 18.3. The number of amides is 2. The fraction of sp³-hybridized carbons (Fsp3) is 0.323. The minimum absolute atomic E-state index is 0.00437. The van der Waals surface area contributed by atoms with Crippen molar-refractivity contribution in [3.63, 3.8) is 0 Å². The largest absolute Gasteiger partial charge is 0.478 e. The van der Waals surface area contributed by atoms with E-state index in [0.29, 0.717) is 26.1 Å². The molecule has 0 spiro atoms. The van der Waals surface area contributed by atoms with Gasteiger partial charge in [0.25, 0.3) is 0 Å². The molecule has 2 aliphatic rings. The lowest BCUT2D eigenvalue weighted by molar-refractivity contribution is -0.135. The molecular formula is C31H32N2O4. The molecule has 1 saturated carbocycles. The van der Waals surface area contributed by atoms with Crippen molar-refractivity contribution in [3.05, 3.63) is 94.5 Å². The molecule has 0 unspecified atom stereocenters. The molecule has 2 atom stereocenters. The number of nitrogens with one attached hydrogen (secondary N) is 1. The van der Waals surface area contributed by atoms with Crippen molar-refractivity contribution in [1.82, 2.24) is 10.2 Å². The number of carbonyl (C=O) groups is 3. The molecule has 1 fully saturated rings. The average molecular weight is 497 g/mol. The van der Waals surface area contributed by atoms with Crippen molar-refractivity contribution >= 4 is 17.8 Å². The molecule has 0 aromatic heterocycles. The van der Waals surface area contributed by atoms with Gasteiger partial charge in [-0.3, -0.25) is 9.59 Å². The van der Waals surface area contributed by atoms with Crippen LogP contribution < -0.4 is 5.32 Å². The third kappa shape index (κ3) is 5.15. The molecule has 5 rings (SSSR count). The van der Waals surface area contributed by atoms with Gasteiger partial charge in [-0.1, -0.05) is 68.4 Å². The molecule has 2 amide bonds. The second kappa shape index (κ2) is 10.2. The molecule has 190 valence electrons. The van der Waals surface area contributed by atoms with Crippen molar-refractivity contribution < 1.29 is 19.5 Å². The molecular weight excluding hydrogens is 464 g/mol. The van der Waals surface area contributed by atoms with Crippen molar-refractivity contribution in [3.8, 4) is 11.1 Å². The van der Waals surface area contributed by atoms with Gasteiger partial charge in [-0.2, -0.15) is 0 Å². The van der Waals surface area contributed by atoms with Crippen LogP contribution in [0.1, 0.15) is 58.8 Å². The SMILES string of the molecule is CC(C)C(=O)N1CCc2c(-c3cccc(C(=O)O)c3)ccc(CNC(=O)[C@@H]3C[C@@H]3c3ccccc3)c2C1. The van der Waals surface area contributed by atoms with E-state index in [1.807, 2.05) is 55.1 Å². The summed E-state index contributed by atoms with van der Waals surface area (Å²) in [5.74, 6) is -0.606. The number of rotatable bonds is 7. The van der Waals surface area contributed by atoms with Crippen LogP contribution in [0.5, 0.6) is 0 Å². The van der Waals surface area contributed by atoms with Gasteiger partial charge in [-0.15, -0.1) is 0 Å². The topological polar surface area (TPSA) is 86.7 Å². The van der Waals surface area contributed by atoms with E-state index in [0.717, 1.165) is 34.2 Å². The monoisotopic (exact) mass is 496 g/mol. The van der Waals surface area contributed by atoms with Crippen LogP contribution in [-0.2, 0) is 29.1 Å². The van der Waals surface area contributed by atoms with E-state index in [9.17, 15) is 19.5 Å². The van der Waals surface area contributed by atoms with Crippen LogP contribution in [0.2, 0.25) is 0 Å². The Hall–Kier alpha value is -3.93. The van der Waals surface area contributed by atoms with E-state index >= 15 is 0 Å². The van der Waals surface area contributed by atoms with Crippen molar-refractivity contribution in [2.24, 2.45) is 11.8 Å². The number of fused-ring (bicyclic) bond motifs is 1. The van der Waals surface area contributed by atoms with Crippen LogP contribution in [0.25, 0.3) is 11.1 Å². The first-order chi connectivity index (χ1) is 17.8. The zero-order chi connectivity index (χ0) is 26.1. The van der Waals surface area contributed by atoms with Gasteiger partial charge in [-0.05, 0) is 64.3 Å². The summed E-state index contributed by atoms with van der Waals surface area (Å²) in [5.41, 5.74) is 6.45. The van der Waals surface area contributed by atoms with Gasteiger partial charge in [0.2, 0.25) is 11.8 Å².